The van der Waals surface area contributed by atoms with Gasteiger partial charge in [0.1, 0.15) is 0 Å². The summed E-state index contributed by atoms with van der Waals surface area (Å²) in [5.74, 6) is 0. The topological polar surface area (TPSA) is 104 Å². The van der Waals surface area contributed by atoms with Gasteiger partial charge in [0.25, 0.3) is 0 Å². The second kappa shape index (κ2) is 10.2. The molecule has 1 fully saturated rings. The Bertz CT molecular complexity index is 1950. The third-order valence-corrected chi connectivity index (χ3v) is 8.70. The minimum absolute atomic E-state index is 0.195. The molecular weight excluding hydrogens is 550 g/mol. The van der Waals surface area contributed by atoms with Gasteiger partial charge in [-0.15, -0.1) is 5.10 Å². The second-order valence-corrected chi connectivity index (χ2v) is 11.0. The first-order chi connectivity index (χ1) is 20.4. The predicted molar refractivity (Wildman–Crippen MR) is 161 cm³/mol. The van der Waals surface area contributed by atoms with Crippen molar-refractivity contribution in [2.24, 2.45) is 0 Å². The number of benzene rings is 3. The summed E-state index contributed by atoms with van der Waals surface area (Å²) in [7, 11) is 0. The van der Waals surface area contributed by atoms with Crippen LogP contribution in [0.15, 0.2) is 97.1 Å². The zero-order valence-corrected chi connectivity index (χ0v) is 23.2. The number of nitrogens with zero attached hydrogens (tertiary/aromatic N) is 5. The number of hydrogen-bond acceptors (Lipinski definition) is 5. The van der Waals surface area contributed by atoms with Crippen LogP contribution in [0, 0.1) is 0 Å². The van der Waals surface area contributed by atoms with Crippen molar-refractivity contribution in [1.82, 2.24) is 24.5 Å². The van der Waals surface area contributed by atoms with E-state index in [2.05, 4.69) is 10.2 Å². The zero-order valence-electron chi connectivity index (χ0n) is 22.5. The van der Waals surface area contributed by atoms with Crippen molar-refractivity contribution >= 4 is 34.4 Å². The van der Waals surface area contributed by atoms with Crippen molar-refractivity contribution < 1.29 is 15.0 Å². The highest BCUT2D eigenvalue weighted by atomic mass is 35.5. The maximum Gasteiger partial charge on any atom is 0.408 e. The SMILES string of the molecule is O=C(O)N(Cc1ccccc1Cl)C1(c2ccc(-c3nc4ccc5nnc(O)n5c4cc3-c3ccccc3)cc2)CCC1. The second-order valence-electron chi connectivity index (χ2n) is 10.6. The fourth-order valence-corrected chi connectivity index (χ4v) is 6.22. The van der Waals surface area contributed by atoms with Gasteiger partial charge in [-0.3, -0.25) is 4.90 Å². The van der Waals surface area contributed by atoms with Crippen LogP contribution >= 0.6 is 11.6 Å². The van der Waals surface area contributed by atoms with Crippen molar-refractivity contribution in [3.8, 4) is 28.4 Å². The maximum atomic E-state index is 12.6. The van der Waals surface area contributed by atoms with Crippen LogP contribution in [0.2, 0.25) is 5.02 Å². The summed E-state index contributed by atoms with van der Waals surface area (Å²) in [6.07, 6.45) is 1.46. The van der Waals surface area contributed by atoms with Gasteiger partial charge in [0.15, 0.2) is 5.65 Å². The molecule has 42 heavy (non-hydrogen) atoms. The molecule has 1 aliphatic rings. The van der Waals surface area contributed by atoms with Crippen molar-refractivity contribution in [3.63, 3.8) is 0 Å². The first kappa shape index (κ1) is 26.0. The molecule has 1 amide bonds. The Morgan fingerprint density at radius 2 is 1.64 bits per heavy atom. The van der Waals surface area contributed by atoms with Gasteiger partial charge in [-0.05, 0) is 60.2 Å². The number of carboxylic acid groups (broad SMARTS) is 1. The lowest BCUT2D eigenvalue weighted by Gasteiger charge is -2.49. The average Bonchev–Trinajstić information content (AvgIpc) is 3.38. The molecule has 0 saturated heterocycles. The number of halogens is 1. The van der Waals surface area contributed by atoms with Crippen LogP contribution < -0.4 is 0 Å². The molecule has 208 valence electrons. The molecule has 0 unspecified atom stereocenters. The summed E-state index contributed by atoms with van der Waals surface area (Å²) in [5, 5.41) is 29.1. The molecule has 6 aromatic rings. The lowest BCUT2D eigenvalue weighted by molar-refractivity contribution is 0.0142. The van der Waals surface area contributed by atoms with Crippen LogP contribution in [-0.2, 0) is 12.1 Å². The van der Waals surface area contributed by atoms with Gasteiger partial charge in [-0.2, -0.15) is 0 Å². The van der Waals surface area contributed by atoms with Crippen LogP contribution in [0.4, 0.5) is 4.79 Å². The fraction of sp³-hybridized carbons (Fsp3) is 0.152. The van der Waals surface area contributed by atoms with Crippen molar-refractivity contribution in [3.05, 3.63) is 113 Å². The van der Waals surface area contributed by atoms with Gasteiger partial charge in [-0.1, -0.05) is 89.5 Å². The first-order valence-electron chi connectivity index (χ1n) is 13.7. The van der Waals surface area contributed by atoms with E-state index in [4.69, 9.17) is 16.6 Å². The Labute approximate surface area is 246 Å². The summed E-state index contributed by atoms with van der Waals surface area (Å²) in [5.41, 5.74) is 6.56. The lowest BCUT2D eigenvalue weighted by Crippen LogP contribution is -2.53. The summed E-state index contributed by atoms with van der Waals surface area (Å²) in [6.45, 7) is 0.214. The van der Waals surface area contributed by atoms with E-state index >= 15 is 0 Å². The van der Waals surface area contributed by atoms with Gasteiger partial charge >= 0.3 is 12.1 Å². The van der Waals surface area contributed by atoms with E-state index in [0.717, 1.165) is 52.8 Å². The molecule has 0 bridgehead atoms. The van der Waals surface area contributed by atoms with Crippen molar-refractivity contribution in [2.75, 3.05) is 0 Å². The van der Waals surface area contributed by atoms with Crippen molar-refractivity contribution in [2.45, 2.75) is 31.3 Å². The molecule has 7 rings (SSSR count). The molecular formula is C33H26ClN5O3. The molecule has 3 aromatic heterocycles. The smallest absolute Gasteiger partial charge is 0.408 e. The molecule has 0 spiro atoms. The highest BCUT2D eigenvalue weighted by Gasteiger charge is 2.46. The summed E-state index contributed by atoms with van der Waals surface area (Å²) in [4.78, 5) is 19.2. The van der Waals surface area contributed by atoms with Crippen LogP contribution in [0.1, 0.15) is 30.4 Å². The predicted octanol–water partition coefficient (Wildman–Crippen LogP) is 7.53. The number of aromatic hydroxyl groups is 1. The summed E-state index contributed by atoms with van der Waals surface area (Å²) in [6, 6.07) is 30.9. The minimum Gasteiger partial charge on any atom is -0.479 e. The quantitative estimate of drug-likeness (QED) is 0.213. The number of rotatable bonds is 6. The Kier molecular flexibility index (Phi) is 6.28. The van der Waals surface area contributed by atoms with Crippen molar-refractivity contribution in [1.29, 1.82) is 0 Å². The number of pyridine rings is 2. The number of fused-ring (bicyclic) bond motifs is 3. The third-order valence-electron chi connectivity index (χ3n) is 8.33. The fourth-order valence-electron chi connectivity index (χ4n) is 6.02. The van der Waals surface area contributed by atoms with E-state index in [9.17, 15) is 15.0 Å². The van der Waals surface area contributed by atoms with E-state index < -0.39 is 11.6 Å². The number of aromatic nitrogens is 4. The summed E-state index contributed by atoms with van der Waals surface area (Å²) >= 11 is 6.41. The number of amides is 1. The molecule has 0 radical (unpaired) electrons. The Morgan fingerprint density at radius 3 is 2.33 bits per heavy atom. The number of carbonyl (C=O) groups is 1. The van der Waals surface area contributed by atoms with Crippen LogP contribution in [0.25, 0.3) is 39.1 Å². The third kappa shape index (κ3) is 4.23. The molecule has 0 aliphatic heterocycles. The van der Waals surface area contributed by atoms with Gasteiger partial charge < -0.3 is 10.2 Å². The van der Waals surface area contributed by atoms with Crippen LogP contribution in [-0.4, -0.2) is 40.8 Å². The molecule has 1 saturated carbocycles. The van der Waals surface area contributed by atoms with Gasteiger partial charge in [-0.25, -0.2) is 14.2 Å². The standard InChI is InChI=1S/C33H26ClN5O3/c34-26-10-5-4-9-23(26)20-38(32(41)42)33(17-6-18-33)24-13-11-22(12-14-24)30-25(21-7-2-1-3-8-21)19-28-27(35-30)15-16-29-36-37-31(40)39(28)29/h1-5,7-16,19H,6,17-18,20H2,(H,37,40)(H,41,42). The highest BCUT2D eigenvalue weighted by Crippen LogP contribution is 2.48. The van der Waals surface area contributed by atoms with Gasteiger partial charge in [0, 0.05) is 16.1 Å². The average molecular weight is 576 g/mol. The van der Waals surface area contributed by atoms with Gasteiger partial charge in [0.05, 0.1) is 28.8 Å². The Hall–Kier alpha value is -4.95. The monoisotopic (exact) mass is 575 g/mol. The Balaban J connectivity index is 1.33. The van der Waals surface area contributed by atoms with E-state index in [0.29, 0.717) is 21.7 Å². The molecule has 9 heteroatoms. The number of hydrogen-bond donors (Lipinski definition) is 2. The van der Waals surface area contributed by atoms with E-state index in [1.807, 2.05) is 84.9 Å². The van der Waals surface area contributed by atoms with E-state index in [-0.39, 0.29) is 12.6 Å². The van der Waals surface area contributed by atoms with Crippen LogP contribution in [0.3, 0.4) is 0 Å². The first-order valence-corrected chi connectivity index (χ1v) is 14.1. The molecule has 0 atom stereocenters. The Morgan fingerprint density at radius 1 is 0.905 bits per heavy atom. The minimum atomic E-state index is -0.968. The molecule has 1 aliphatic carbocycles. The normalized spacial score (nSPS) is 14.1. The zero-order chi connectivity index (χ0) is 28.8. The van der Waals surface area contributed by atoms with E-state index in [1.54, 1.807) is 16.5 Å². The maximum absolute atomic E-state index is 12.6. The van der Waals surface area contributed by atoms with Gasteiger partial charge in [0.2, 0.25) is 0 Å². The highest BCUT2D eigenvalue weighted by molar-refractivity contribution is 6.31. The molecule has 2 N–H and O–H groups in total. The lowest BCUT2D eigenvalue weighted by atomic mass is 9.70. The largest absolute Gasteiger partial charge is 0.479 e. The van der Waals surface area contributed by atoms with Crippen LogP contribution in [0.5, 0.6) is 6.01 Å². The van der Waals surface area contributed by atoms with E-state index in [1.165, 1.54) is 4.90 Å². The molecule has 3 heterocycles. The molecule has 8 nitrogen and oxygen atoms in total. The molecule has 3 aromatic carbocycles. The summed E-state index contributed by atoms with van der Waals surface area (Å²) < 4.78 is 1.58.